The number of nitrogens with zero attached hydrogens (tertiary/aromatic N) is 1. The second-order valence-corrected chi connectivity index (χ2v) is 2.14. The van der Waals surface area contributed by atoms with E-state index in [1.807, 2.05) is 0 Å². The molecule has 0 bridgehead atoms. The van der Waals surface area contributed by atoms with Crippen LogP contribution in [0.25, 0.3) is 0 Å². The predicted molar refractivity (Wildman–Crippen MR) is 33.8 cm³/mol. The third kappa shape index (κ3) is 1.44. The summed E-state index contributed by atoms with van der Waals surface area (Å²) < 4.78 is 0. The highest BCUT2D eigenvalue weighted by atomic mass is 16.2. The molecule has 1 rings (SSSR count). The number of nitrogens with two attached hydrogens (primary N) is 1. The second-order valence-electron chi connectivity index (χ2n) is 2.14. The van der Waals surface area contributed by atoms with E-state index in [1.165, 1.54) is 4.90 Å². The van der Waals surface area contributed by atoms with Crippen molar-refractivity contribution in [1.82, 2.24) is 10.2 Å². The van der Waals surface area contributed by atoms with Gasteiger partial charge in [0.05, 0.1) is 13.2 Å². The third-order valence-corrected chi connectivity index (χ3v) is 1.28. The molecule has 2 amide bonds. The zero-order chi connectivity index (χ0) is 7.56. The van der Waals surface area contributed by atoms with Crippen molar-refractivity contribution in [3.05, 3.63) is 0 Å². The third-order valence-electron chi connectivity index (χ3n) is 1.28. The van der Waals surface area contributed by atoms with Gasteiger partial charge < -0.3 is 10.6 Å². The predicted octanol–water partition coefficient (Wildman–Crippen LogP) is -2.14. The number of primary amides is 1. The first-order chi connectivity index (χ1) is 4.70. The fourth-order valence-electron chi connectivity index (χ4n) is 0.830. The van der Waals surface area contributed by atoms with Gasteiger partial charge in [0, 0.05) is 0 Å². The molecular weight excluding hydrogens is 134 g/mol. The average molecular weight is 143 g/mol. The van der Waals surface area contributed by atoms with Crippen molar-refractivity contribution in [3.8, 4) is 0 Å². The standard InChI is InChI=1S/C5H9N3O2/c6-4(9)2-8-3-7-1-5(8)10/h7H,1-3H2,(H2,6,9). The molecule has 1 saturated heterocycles. The number of amides is 2. The fraction of sp³-hybridized carbons (Fsp3) is 0.600. The van der Waals surface area contributed by atoms with Crippen LogP contribution >= 0.6 is 0 Å². The monoisotopic (exact) mass is 143 g/mol. The van der Waals surface area contributed by atoms with Crippen LogP contribution in [0.5, 0.6) is 0 Å². The molecule has 0 unspecified atom stereocenters. The Morgan fingerprint density at radius 2 is 2.50 bits per heavy atom. The summed E-state index contributed by atoms with van der Waals surface area (Å²) in [6.07, 6.45) is 0. The lowest BCUT2D eigenvalue weighted by Crippen LogP contribution is -2.35. The number of carbonyl (C=O) groups is 2. The molecule has 0 aliphatic carbocycles. The lowest BCUT2D eigenvalue weighted by Gasteiger charge is -2.10. The van der Waals surface area contributed by atoms with Crippen molar-refractivity contribution in [2.75, 3.05) is 19.8 Å². The zero-order valence-electron chi connectivity index (χ0n) is 5.46. The van der Waals surface area contributed by atoms with Crippen molar-refractivity contribution in [2.45, 2.75) is 0 Å². The lowest BCUT2D eigenvalue weighted by atomic mass is 10.5. The highest BCUT2D eigenvalue weighted by Gasteiger charge is 2.20. The molecule has 0 aromatic rings. The smallest absolute Gasteiger partial charge is 0.238 e. The summed E-state index contributed by atoms with van der Waals surface area (Å²) in [5, 5.41) is 2.80. The van der Waals surface area contributed by atoms with Crippen LogP contribution in [0.4, 0.5) is 0 Å². The first-order valence-corrected chi connectivity index (χ1v) is 2.97. The van der Waals surface area contributed by atoms with Gasteiger partial charge in [0.2, 0.25) is 11.8 Å². The number of hydrogen-bond acceptors (Lipinski definition) is 3. The van der Waals surface area contributed by atoms with Crippen LogP contribution in [0.3, 0.4) is 0 Å². The Labute approximate surface area is 58.2 Å². The Morgan fingerprint density at radius 3 is 2.90 bits per heavy atom. The number of hydrogen-bond donors (Lipinski definition) is 2. The normalized spacial score (nSPS) is 18.0. The molecule has 1 aliphatic heterocycles. The van der Waals surface area contributed by atoms with Gasteiger partial charge in [-0.3, -0.25) is 14.9 Å². The van der Waals surface area contributed by atoms with E-state index >= 15 is 0 Å². The maximum Gasteiger partial charge on any atom is 0.238 e. The SMILES string of the molecule is NC(=O)CN1CNCC1=O. The van der Waals surface area contributed by atoms with Crippen LogP contribution in [-0.2, 0) is 9.59 Å². The minimum Gasteiger partial charge on any atom is -0.368 e. The molecular formula is C5H9N3O2. The van der Waals surface area contributed by atoms with Crippen LogP contribution in [-0.4, -0.2) is 36.5 Å². The topological polar surface area (TPSA) is 75.4 Å². The maximum absolute atomic E-state index is 10.8. The molecule has 1 heterocycles. The number of nitrogens with one attached hydrogen (secondary N) is 1. The Balaban J connectivity index is 2.40. The van der Waals surface area contributed by atoms with Crippen molar-refractivity contribution in [1.29, 1.82) is 0 Å². The Bertz CT molecular complexity index is 168. The Kier molecular flexibility index (Phi) is 1.86. The van der Waals surface area contributed by atoms with Crippen LogP contribution < -0.4 is 11.1 Å². The molecule has 5 nitrogen and oxygen atoms in total. The lowest BCUT2D eigenvalue weighted by molar-refractivity contribution is -0.131. The van der Waals surface area contributed by atoms with E-state index in [0.717, 1.165) is 0 Å². The van der Waals surface area contributed by atoms with E-state index in [9.17, 15) is 9.59 Å². The van der Waals surface area contributed by atoms with Gasteiger partial charge in [-0.2, -0.15) is 0 Å². The van der Waals surface area contributed by atoms with Gasteiger partial charge in [0.25, 0.3) is 0 Å². The van der Waals surface area contributed by atoms with Crippen molar-refractivity contribution in [2.24, 2.45) is 5.73 Å². The number of rotatable bonds is 2. The van der Waals surface area contributed by atoms with Crippen LogP contribution in [0.2, 0.25) is 0 Å². The van der Waals surface area contributed by atoms with Crippen LogP contribution in [0.1, 0.15) is 0 Å². The quantitative estimate of drug-likeness (QED) is 0.463. The van der Waals surface area contributed by atoms with E-state index in [2.05, 4.69) is 5.32 Å². The minimum absolute atomic E-state index is 0.0197. The summed E-state index contributed by atoms with van der Waals surface area (Å²) in [6, 6.07) is 0. The largest absolute Gasteiger partial charge is 0.368 e. The van der Waals surface area contributed by atoms with E-state index in [4.69, 9.17) is 5.73 Å². The van der Waals surface area contributed by atoms with Crippen molar-refractivity contribution in [3.63, 3.8) is 0 Å². The molecule has 0 atom stereocenters. The van der Waals surface area contributed by atoms with E-state index in [-0.39, 0.29) is 12.5 Å². The Morgan fingerprint density at radius 1 is 1.80 bits per heavy atom. The molecule has 0 radical (unpaired) electrons. The molecule has 0 aromatic carbocycles. The summed E-state index contributed by atoms with van der Waals surface area (Å²) >= 11 is 0. The van der Waals surface area contributed by atoms with Gasteiger partial charge in [-0.25, -0.2) is 0 Å². The molecule has 0 saturated carbocycles. The van der Waals surface area contributed by atoms with Crippen molar-refractivity contribution < 1.29 is 9.59 Å². The molecule has 1 aliphatic rings. The average Bonchev–Trinajstić information content (AvgIpc) is 2.15. The van der Waals surface area contributed by atoms with Gasteiger partial charge >= 0.3 is 0 Å². The van der Waals surface area contributed by atoms with E-state index in [0.29, 0.717) is 13.2 Å². The van der Waals surface area contributed by atoms with Crippen molar-refractivity contribution >= 4 is 11.8 Å². The van der Waals surface area contributed by atoms with Gasteiger partial charge in [-0.1, -0.05) is 0 Å². The number of carbonyl (C=O) groups excluding carboxylic acids is 2. The van der Waals surface area contributed by atoms with E-state index < -0.39 is 5.91 Å². The molecule has 5 heteroatoms. The summed E-state index contributed by atoms with van der Waals surface area (Å²) in [5.41, 5.74) is 4.87. The molecule has 0 aromatic heterocycles. The summed E-state index contributed by atoms with van der Waals surface area (Å²) in [5.74, 6) is -0.546. The second kappa shape index (κ2) is 2.66. The zero-order valence-corrected chi connectivity index (χ0v) is 5.46. The summed E-state index contributed by atoms with van der Waals surface area (Å²) in [4.78, 5) is 22.4. The van der Waals surface area contributed by atoms with E-state index in [1.54, 1.807) is 0 Å². The minimum atomic E-state index is -0.475. The van der Waals surface area contributed by atoms with Crippen LogP contribution in [0.15, 0.2) is 0 Å². The fourth-order valence-corrected chi connectivity index (χ4v) is 0.830. The molecule has 0 spiro atoms. The first kappa shape index (κ1) is 7.01. The summed E-state index contributed by atoms with van der Waals surface area (Å²) in [7, 11) is 0. The van der Waals surface area contributed by atoms with Gasteiger partial charge in [-0.15, -0.1) is 0 Å². The van der Waals surface area contributed by atoms with Crippen LogP contribution in [0, 0.1) is 0 Å². The first-order valence-electron chi connectivity index (χ1n) is 2.97. The Hall–Kier alpha value is -1.10. The molecule has 56 valence electrons. The molecule has 1 fully saturated rings. The molecule has 3 N–H and O–H groups in total. The highest BCUT2D eigenvalue weighted by Crippen LogP contribution is 1.92. The summed E-state index contributed by atoms with van der Waals surface area (Å²) in [6.45, 7) is 0.765. The van der Waals surface area contributed by atoms with Gasteiger partial charge in [0.1, 0.15) is 6.54 Å². The molecule has 10 heavy (non-hydrogen) atoms. The van der Waals surface area contributed by atoms with Gasteiger partial charge in [-0.05, 0) is 0 Å². The highest BCUT2D eigenvalue weighted by molar-refractivity contribution is 5.85. The maximum atomic E-state index is 10.8. The van der Waals surface area contributed by atoms with Gasteiger partial charge in [0.15, 0.2) is 0 Å².